The molecular formula is C23H32N2O7. The number of hydrogen-bond acceptors (Lipinski definition) is 7. The van der Waals surface area contributed by atoms with Gasteiger partial charge in [0.05, 0.1) is 13.5 Å². The van der Waals surface area contributed by atoms with E-state index < -0.39 is 35.2 Å². The molecule has 1 saturated heterocycles. The fraction of sp³-hybridized carbons (Fsp3) is 0.565. The standard InChI is InChI=1S/C23H32N2O7/c1-22(2,3)32-21(29)24(5)17(19(27)31-15-16-10-8-7-9-11-16)12-13-25-18(26)14-23(25,4)20(28)30-6/h7-11,17H,12-15H2,1-6H3/t17-,23?/m0/s1. The van der Waals surface area contributed by atoms with Crippen molar-refractivity contribution in [1.82, 2.24) is 9.80 Å². The van der Waals surface area contributed by atoms with Gasteiger partial charge in [0, 0.05) is 13.6 Å². The van der Waals surface area contributed by atoms with Crippen molar-refractivity contribution < 1.29 is 33.4 Å². The predicted molar refractivity (Wildman–Crippen MR) is 115 cm³/mol. The molecule has 176 valence electrons. The number of amides is 2. The zero-order chi connectivity index (χ0) is 24.1. The highest BCUT2D eigenvalue weighted by Gasteiger charge is 2.53. The second-order valence-corrected chi connectivity index (χ2v) is 8.98. The lowest BCUT2D eigenvalue weighted by atomic mass is 9.85. The Bertz CT molecular complexity index is 850. The molecule has 2 rings (SSSR count). The van der Waals surface area contributed by atoms with Crippen molar-refractivity contribution in [2.24, 2.45) is 0 Å². The van der Waals surface area contributed by atoms with E-state index in [9.17, 15) is 19.2 Å². The van der Waals surface area contributed by atoms with Crippen LogP contribution in [0.4, 0.5) is 4.79 Å². The lowest BCUT2D eigenvalue weighted by Crippen LogP contribution is -2.67. The van der Waals surface area contributed by atoms with Crippen LogP contribution in [0.1, 0.15) is 46.1 Å². The Hall–Kier alpha value is -3.10. The summed E-state index contributed by atoms with van der Waals surface area (Å²) in [6.45, 7) is 6.90. The number of benzene rings is 1. The first-order valence-electron chi connectivity index (χ1n) is 10.4. The van der Waals surface area contributed by atoms with Crippen LogP contribution in [-0.4, -0.2) is 71.6 Å². The molecule has 2 atom stereocenters. The van der Waals surface area contributed by atoms with Crippen LogP contribution in [0.5, 0.6) is 0 Å². The van der Waals surface area contributed by atoms with Crippen molar-refractivity contribution >= 4 is 23.9 Å². The third-order valence-corrected chi connectivity index (χ3v) is 5.29. The summed E-state index contributed by atoms with van der Waals surface area (Å²) in [5, 5.41) is 0. The number of likely N-dealkylation sites (N-methyl/N-ethyl adjacent to an activating group) is 1. The Morgan fingerprint density at radius 2 is 1.81 bits per heavy atom. The highest BCUT2D eigenvalue weighted by atomic mass is 16.6. The van der Waals surface area contributed by atoms with E-state index in [0.29, 0.717) is 0 Å². The zero-order valence-corrected chi connectivity index (χ0v) is 19.5. The van der Waals surface area contributed by atoms with E-state index in [1.165, 1.54) is 24.0 Å². The van der Waals surface area contributed by atoms with Gasteiger partial charge >= 0.3 is 18.0 Å². The van der Waals surface area contributed by atoms with Crippen LogP contribution in [0.15, 0.2) is 30.3 Å². The Labute approximate surface area is 188 Å². The lowest BCUT2D eigenvalue weighted by molar-refractivity contribution is -0.176. The smallest absolute Gasteiger partial charge is 0.410 e. The third-order valence-electron chi connectivity index (χ3n) is 5.29. The van der Waals surface area contributed by atoms with E-state index >= 15 is 0 Å². The molecule has 9 nitrogen and oxygen atoms in total. The van der Waals surface area contributed by atoms with Crippen molar-refractivity contribution in [3.63, 3.8) is 0 Å². The van der Waals surface area contributed by atoms with Crippen LogP contribution in [0.25, 0.3) is 0 Å². The molecule has 0 N–H and O–H groups in total. The molecule has 1 aromatic carbocycles. The van der Waals surface area contributed by atoms with Crippen LogP contribution in [0, 0.1) is 0 Å². The summed E-state index contributed by atoms with van der Waals surface area (Å²) < 4.78 is 15.6. The molecule has 0 spiro atoms. The molecule has 1 aromatic rings. The highest BCUT2D eigenvalue weighted by Crippen LogP contribution is 2.33. The second-order valence-electron chi connectivity index (χ2n) is 8.98. The SMILES string of the molecule is COC(=O)C1(C)CC(=O)N1CC[C@@H](C(=O)OCc1ccccc1)N(C)C(=O)OC(C)(C)C. The Balaban J connectivity index is 2.14. The number of ether oxygens (including phenoxy) is 3. The minimum Gasteiger partial charge on any atom is -0.467 e. The quantitative estimate of drug-likeness (QED) is 0.342. The summed E-state index contributed by atoms with van der Waals surface area (Å²) in [5.74, 6) is -1.38. The second kappa shape index (κ2) is 10.0. The molecule has 0 bridgehead atoms. The summed E-state index contributed by atoms with van der Waals surface area (Å²) in [6, 6.07) is 8.14. The van der Waals surface area contributed by atoms with Crippen molar-refractivity contribution in [3.8, 4) is 0 Å². The molecule has 1 aliphatic rings. The van der Waals surface area contributed by atoms with E-state index in [1.54, 1.807) is 27.7 Å². The first kappa shape index (κ1) is 25.2. The number of hydrogen-bond donors (Lipinski definition) is 0. The van der Waals surface area contributed by atoms with Crippen molar-refractivity contribution in [2.45, 2.75) is 64.3 Å². The number of rotatable bonds is 8. The number of nitrogens with zero attached hydrogens (tertiary/aromatic N) is 2. The molecule has 0 aromatic heterocycles. The van der Waals surface area contributed by atoms with Crippen molar-refractivity contribution in [2.75, 3.05) is 20.7 Å². The summed E-state index contributed by atoms with van der Waals surface area (Å²) in [5.41, 5.74) is -1.04. The van der Waals surface area contributed by atoms with Gasteiger partial charge in [0.1, 0.15) is 23.8 Å². The zero-order valence-electron chi connectivity index (χ0n) is 19.5. The lowest BCUT2D eigenvalue weighted by Gasteiger charge is -2.47. The molecule has 2 amide bonds. The average molecular weight is 449 g/mol. The molecule has 0 radical (unpaired) electrons. The van der Waals surface area contributed by atoms with Gasteiger partial charge in [0.25, 0.3) is 0 Å². The van der Waals surface area contributed by atoms with Crippen LogP contribution < -0.4 is 0 Å². The van der Waals surface area contributed by atoms with Crippen LogP contribution in [0.2, 0.25) is 0 Å². The van der Waals surface area contributed by atoms with E-state index in [4.69, 9.17) is 14.2 Å². The average Bonchev–Trinajstić information content (AvgIpc) is 2.73. The Morgan fingerprint density at radius 3 is 2.34 bits per heavy atom. The van der Waals surface area contributed by atoms with Gasteiger partial charge in [-0.15, -0.1) is 0 Å². The van der Waals surface area contributed by atoms with E-state index in [1.807, 2.05) is 30.3 Å². The molecule has 0 saturated carbocycles. The van der Waals surface area contributed by atoms with Gasteiger partial charge < -0.3 is 19.1 Å². The van der Waals surface area contributed by atoms with Gasteiger partial charge in [-0.1, -0.05) is 30.3 Å². The van der Waals surface area contributed by atoms with Gasteiger partial charge in [-0.25, -0.2) is 14.4 Å². The van der Waals surface area contributed by atoms with E-state index in [2.05, 4.69) is 0 Å². The molecule has 1 unspecified atom stereocenters. The molecule has 1 fully saturated rings. The molecule has 9 heteroatoms. The largest absolute Gasteiger partial charge is 0.467 e. The number of methoxy groups -OCH3 is 1. The maximum Gasteiger partial charge on any atom is 0.410 e. The Kier molecular flexibility index (Phi) is 7.87. The molecule has 0 aliphatic carbocycles. The molecule has 1 aliphatic heterocycles. The van der Waals surface area contributed by atoms with Gasteiger partial charge in [0.15, 0.2) is 0 Å². The third kappa shape index (κ3) is 5.99. The number of carbonyl (C=O) groups excluding carboxylic acids is 4. The van der Waals surface area contributed by atoms with Crippen LogP contribution >= 0.6 is 0 Å². The number of carbonyl (C=O) groups is 4. The van der Waals surface area contributed by atoms with Gasteiger partial charge in [0.2, 0.25) is 5.91 Å². The molecule has 32 heavy (non-hydrogen) atoms. The van der Waals surface area contributed by atoms with Crippen molar-refractivity contribution in [1.29, 1.82) is 0 Å². The predicted octanol–water partition coefficient (Wildman–Crippen LogP) is 2.52. The van der Waals surface area contributed by atoms with E-state index in [0.717, 1.165) is 5.56 Å². The monoisotopic (exact) mass is 448 g/mol. The highest BCUT2D eigenvalue weighted by molar-refractivity contribution is 5.98. The Morgan fingerprint density at radius 1 is 1.19 bits per heavy atom. The fourth-order valence-electron chi connectivity index (χ4n) is 3.45. The maximum absolute atomic E-state index is 12.9. The minimum atomic E-state index is -1.09. The fourth-order valence-corrected chi connectivity index (χ4v) is 3.45. The number of esters is 2. The number of likely N-dealkylation sites (tertiary alicyclic amines) is 1. The van der Waals surface area contributed by atoms with Crippen molar-refractivity contribution in [3.05, 3.63) is 35.9 Å². The summed E-state index contributed by atoms with van der Waals surface area (Å²) in [6.07, 6.45) is -0.586. The number of β-lactam (4-membered cyclic amide) rings is 1. The first-order chi connectivity index (χ1) is 14.9. The van der Waals surface area contributed by atoms with Crippen LogP contribution in [-0.2, 0) is 35.2 Å². The van der Waals surface area contributed by atoms with Gasteiger partial charge in [-0.2, -0.15) is 0 Å². The summed E-state index contributed by atoms with van der Waals surface area (Å²) in [7, 11) is 2.70. The molecular weight excluding hydrogens is 416 g/mol. The van der Waals surface area contributed by atoms with E-state index in [-0.39, 0.29) is 31.9 Å². The van der Waals surface area contributed by atoms with Gasteiger partial charge in [-0.3, -0.25) is 9.69 Å². The first-order valence-corrected chi connectivity index (χ1v) is 10.4. The summed E-state index contributed by atoms with van der Waals surface area (Å²) in [4.78, 5) is 52.3. The van der Waals surface area contributed by atoms with Crippen LogP contribution in [0.3, 0.4) is 0 Å². The minimum absolute atomic E-state index is 0.0324. The maximum atomic E-state index is 12.9. The topological polar surface area (TPSA) is 102 Å². The molecule has 1 heterocycles. The summed E-state index contributed by atoms with van der Waals surface area (Å²) >= 11 is 0. The van der Waals surface area contributed by atoms with Gasteiger partial charge in [-0.05, 0) is 39.7 Å². The normalized spacial score (nSPS) is 18.9.